The molecule has 10 heteroatoms. The molecule has 0 aliphatic heterocycles. The molecule has 0 fully saturated rings. The molecule has 0 saturated heterocycles. The highest BCUT2D eigenvalue weighted by molar-refractivity contribution is 7.91. The Balaban J connectivity index is 0.000000211. The molecule has 0 atom stereocenters. The first-order chi connectivity index (χ1) is 17.6. The Morgan fingerprint density at radius 2 is 0.816 bits per heavy atom. The number of hydrogen-bond donors (Lipinski definition) is 4. The molecular formula is C28H28O8S2. The molecule has 4 aromatic rings. The fourth-order valence-electron chi connectivity index (χ4n) is 3.50. The lowest BCUT2D eigenvalue weighted by atomic mass is 10.2. The zero-order valence-corrected chi connectivity index (χ0v) is 22.8. The van der Waals surface area contributed by atoms with Crippen LogP contribution in [0.4, 0.5) is 0 Å². The van der Waals surface area contributed by atoms with Crippen molar-refractivity contribution in [2.45, 2.75) is 47.3 Å². The zero-order valence-electron chi connectivity index (χ0n) is 21.2. The van der Waals surface area contributed by atoms with Gasteiger partial charge in [0.15, 0.2) is 0 Å². The zero-order chi connectivity index (χ0) is 28.4. The SMILES string of the molecule is Cc1cc(S(=O)(=O)c2ccc(O)c(C)c2)ccc1O.Cc1ccc(S(=O)(=O)c2ccc(O)c(C)c2)c(O)c1. The first-order valence-electron chi connectivity index (χ1n) is 11.3. The lowest BCUT2D eigenvalue weighted by molar-refractivity contribution is 0.458. The molecule has 0 aliphatic carbocycles. The van der Waals surface area contributed by atoms with Crippen molar-refractivity contribution in [2.24, 2.45) is 0 Å². The van der Waals surface area contributed by atoms with Gasteiger partial charge in [-0.05, 0) is 117 Å². The van der Waals surface area contributed by atoms with Crippen molar-refractivity contribution >= 4 is 19.7 Å². The van der Waals surface area contributed by atoms with Crippen LogP contribution in [0.5, 0.6) is 23.0 Å². The summed E-state index contributed by atoms with van der Waals surface area (Å²) < 4.78 is 49.6. The van der Waals surface area contributed by atoms with Gasteiger partial charge in [0, 0.05) is 0 Å². The Bertz CT molecular complexity index is 1670. The topological polar surface area (TPSA) is 149 Å². The van der Waals surface area contributed by atoms with E-state index < -0.39 is 19.7 Å². The quantitative estimate of drug-likeness (QED) is 0.271. The molecular weight excluding hydrogens is 528 g/mol. The lowest BCUT2D eigenvalue weighted by Crippen LogP contribution is -2.03. The predicted molar refractivity (Wildman–Crippen MR) is 142 cm³/mol. The number of phenolic OH excluding ortho intramolecular Hbond substituents is 4. The third-order valence-corrected chi connectivity index (χ3v) is 9.39. The molecule has 4 N–H and O–H groups in total. The van der Waals surface area contributed by atoms with Crippen LogP contribution in [0.1, 0.15) is 22.3 Å². The third kappa shape index (κ3) is 5.92. The van der Waals surface area contributed by atoms with Gasteiger partial charge in [0.1, 0.15) is 27.9 Å². The van der Waals surface area contributed by atoms with Gasteiger partial charge in [-0.15, -0.1) is 0 Å². The van der Waals surface area contributed by atoms with Crippen LogP contribution in [-0.2, 0) is 19.7 Å². The summed E-state index contributed by atoms with van der Waals surface area (Å²) in [5.74, 6) is -0.125. The molecule has 0 aromatic heterocycles. The second kappa shape index (κ2) is 10.8. The van der Waals surface area contributed by atoms with Gasteiger partial charge in [0.05, 0.1) is 14.7 Å². The van der Waals surface area contributed by atoms with E-state index in [4.69, 9.17) is 0 Å². The van der Waals surface area contributed by atoms with Crippen LogP contribution in [0.3, 0.4) is 0 Å². The summed E-state index contributed by atoms with van der Waals surface area (Å²) in [6.45, 7) is 6.65. The van der Waals surface area contributed by atoms with Crippen LogP contribution in [0.2, 0.25) is 0 Å². The minimum atomic E-state index is -3.79. The molecule has 0 aliphatic rings. The summed E-state index contributed by atoms with van der Waals surface area (Å²) in [5.41, 5.74) is 2.24. The summed E-state index contributed by atoms with van der Waals surface area (Å²) in [4.78, 5) is 0.144. The van der Waals surface area contributed by atoms with Crippen LogP contribution >= 0.6 is 0 Å². The van der Waals surface area contributed by atoms with Crippen molar-refractivity contribution in [3.05, 3.63) is 95.1 Å². The van der Waals surface area contributed by atoms with Crippen molar-refractivity contribution in [1.29, 1.82) is 0 Å². The van der Waals surface area contributed by atoms with Crippen molar-refractivity contribution in [3.8, 4) is 23.0 Å². The summed E-state index contributed by atoms with van der Waals surface area (Å²) in [6.07, 6.45) is 0. The number of phenols is 4. The average molecular weight is 557 g/mol. The standard InChI is InChI=1S/2C14H14O4S/c1-9-3-6-14(13(16)7-9)19(17,18)11-4-5-12(15)10(2)8-11;1-9-7-11(3-5-13(9)15)19(17,18)12-4-6-14(16)10(2)8-12/h2*3-8,15-16H,1-2H3. The molecule has 4 rings (SSSR count). The number of sulfone groups is 2. The third-order valence-electron chi connectivity index (χ3n) is 5.84. The largest absolute Gasteiger partial charge is 0.508 e. The Hall–Kier alpha value is -4.02. The van der Waals surface area contributed by atoms with Gasteiger partial charge in [-0.3, -0.25) is 0 Å². The molecule has 0 spiro atoms. The summed E-state index contributed by atoms with van der Waals surface area (Å²) in [6, 6.07) is 16.7. The number of rotatable bonds is 4. The van der Waals surface area contributed by atoms with E-state index in [1.165, 1.54) is 66.7 Å². The molecule has 38 heavy (non-hydrogen) atoms. The van der Waals surface area contributed by atoms with E-state index in [0.717, 1.165) is 5.56 Å². The van der Waals surface area contributed by atoms with Crippen LogP contribution in [0.15, 0.2) is 92.4 Å². The number of aryl methyl sites for hydroxylation is 4. The van der Waals surface area contributed by atoms with Crippen molar-refractivity contribution in [3.63, 3.8) is 0 Å². The molecule has 0 saturated carbocycles. The molecule has 8 nitrogen and oxygen atoms in total. The maximum Gasteiger partial charge on any atom is 0.210 e. The average Bonchev–Trinajstić information content (AvgIpc) is 2.84. The Morgan fingerprint density at radius 1 is 0.447 bits per heavy atom. The van der Waals surface area contributed by atoms with E-state index in [-0.39, 0.29) is 42.6 Å². The fraction of sp³-hybridized carbons (Fsp3) is 0.143. The normalized spacial score (nSPS) is 11.5. The Labute approximate surface area is 221 Å². The van der Waals surface area contributed by atoms with Gasteiger partial charge >= 0.3 is 0 Å². The van der Waals surface area contributed by atoms with Gasteiger partial charge in [0.2, 0.25) is 19.7 Å². The van der Waals surface area contributed by atoms with Gasteiger partial charge in [0.25, 0.3) is 0 Å². The molecule has 4 aromatic carbocycles. The van der Waals surface area contributed by atoms with Gasteiger partial charge in [-0.25, -0.2) is 16.8 Å². The molecule has 200 valence electrons. The fourth-order valence-corrected chi connectivity index (χ4v) is 6.35. The van der Waals surface area contributed by atoms with E-state index in [1.807, 2.05) is 0 Å². The smallest absolute Gasteiger partial charge is 0.210 e. The van der Waals surface area contributed by atoms with Crippen LogP contribution < -0.4 is 0 Å². The van der Waals surface area contributed by atoms with E-state index in [2.05, 4.69) is 0 Å². The first-order valence-corrected chi connectivity index (χ1v) is 14.3. The van der Waals surface area contributed by atoms with Crippen LogP contribution in [-0.4, -0.2) is 37.3 Å². The number of hydrogen-bond acceptors (Lipinski definition) is 8. The van der Waals surface area contributed by atoms with Crippen molar-refractivity contribution in [2.75, 3.05) is 0 Å². The maximum atomic E-state index is 12.4. The lowest BCUT2D eigenvalue weighted by Gasteiger charge is -2.08. The van der Waals surface area contributed by atoms with E-state index in [9.17, 15) is 37.3 Å². The summed E-state index contributed by atoms with van der Waals surface area (Å²) >= 11 is 0. The highest BCUT2D eigenvalue weighted by Gasteiger charge is 2.22. The first kappa shape index (κ1) is 28.5. The highest BCUT2D eigenvalue weighted by atomic mass is 32.2. The van der Waals surface area contributed by atoms with Gasteiger partial charge < -0.3 is 20.4 Å². The Kier molecular flexibility index (Phi) is 8.09. The minimum Gasteiger partial charge on any atom is -0.508 e. The van der Waals surface area contributed by atoms with Crippen LogP contribution in [0.25, 0.3) is 0 Å². The molecule has 0 bridgehead atoms. The predicted octanol–water partition coefficient (Wildman–Crippen LogP) is 5.09. The summed E-state index contributed by atoms with van der Waals surface area (Å²) in [7, 11) is -7.43. The number of benzene rings is 4. The highest BCUT2D eigenvalue weighted by Crippen LogP contribution is 2.31. The Morgan fingerprint density at radius 3 is 1.16 bits per heavy atom. The van der Waals surface area contributed by atoms with Gasteiger partial charge in [-0.2, -0.15) is 0 Å². The van der Waals surface area contributed by atoms with E-state index in [1.54, 1.807) is 33.8 Å². The second-order valence-electron chi connectivity index (χ2n) is 8.82. The van der Waals surface area contributed by atoms with E-state index >= 15 is 0 Å². The van der Waals surface area contributed by atoms with Crippen LogP contribution in [0, 0.1) is 27.7 Å². The number of aromatic hydroxyl groups is 4. The summed E-state index contributed by atoms with van der Waals surface area (Å²) in [5, 5.41) is 38.1. The molecule has 0 radical (unpaired) electrons. The van der Waals surface area contributed by atoms with Crippen molar-refractivity contribution < 1.29 is 37.3 Å². The van der Waals surface area contributed by atoms with E-state index in [0.29, 0.717) is 16.7 Å². The molecule has 0 amide bonds. The molecule has 0 heterocycles. The monoisotopic (exact) mass is 556 g/mol. The maximum absolute atomic E-state index is 12.4. The molecule has 0 unspecified atom stereocenters. The minimum absolute atomic E-state index is 0.0343. The second-order valence-corrected chi connectivity index (χ2v) is 12.7. The van der Waals surface area contributed by atoms with Gasteiger partial charge in [-0.1, -0.05) is 6.07 Å². The van der Waals surface area contributed by atoms with Crippen molar-refractivity contribution in [1.82, 2.24) is 0 Å².